The maximum Gasteiger partial charge on any atom is 0.265 e. The van der Waals surface area contributed by atoms with Gasteiger partial charge in [-0.3, -0.25) is 0 Å². The molecule has 0 fully saturated rings. The van der Waals surface area contributed by atoms with Gasteiger partial charge in [-0.1, -0.05) is 0 Å². The van der Waals surface area contributed by atoms with Gasteiger partial charge in [0.2, 0.25) is 5.88 Å². The quantitative estimate of drug-likeness (QED) is 0.869. The van der Waals surface area contributed by atoms with Gasteiger partial charge in [0.25, 0.3) is 6.43 Å². The Hall–Kier alpha value is -0.500. The first-order chi connectivity index (χ1) is 6.61. The van der Waals surface area contributed by atoms with Crippen LogP contribution in [0.2, 0.25) is 0 Å². The molecule has 0 radical (unpaired) electrons. The largest absolute Gasteiger partial charge is 0.480 e. The van der Waals surface area contributed by atoms with Gasteiger partial charge in [0.05, 0.1) is 17.3 Å². The molecule has 1 aromatic heterocycles. The third-order valence-electron chi connectivity index (χ3n) is 1.69. The fourth-order valence-corrected chi connectivity index (χ4v) is 1.96. The smallest absolute Gasteiger partial charge is 0.265 e. The first-order valence-corrected chi connectivity index (χ1v) is 4.80. The first-order valence-electron chi connectivity index (χ1n) is 3.72. The van der Waals surface area contributed by atoms with E-state index in [1.54, 1.807) is 22.6 Å². The van der Waals surface area contributed by atoms with Crippen molar-refractivity contribution in [2.24, 2.45) is 0 Å². The number of rotatable bonds is 3. The predicted molar refractivity (Wildman–Crippen MR) is 54.4 cm³/mol. The van der Waals surface area contributed by atoms with Crippen LogP contribution in [0.1, 0.15) is 17.6 Å². The SMILES string of the molecule is COc1ncc(CO)c(C(F)F)c1I. The molecular formula is C8H8F2INO2. The number of alkyl halides is 2. The van der Waals surface area contributed by atoms with Crippen molar-refractivity contribution in [2.75, 3.05) is 7.11 Å². The van der Waals surface area contributed by atoms with Crippen LogP contribution in [0.4, 0.5) is 8.78 Å². The minimum absolute atomic E-state index is 0.130. The van der Waals surface area contributed by atoms with Crippen molar-refractivity contribution in [2.45, 2.75) is 13.0 Å². The van der Waals surface area contributed by atoms with Gasteiger partial charge in [0.1, 0.15) is 0 Å². The number of ether oxygens (including phenoxy) is 1. The second kappa shape index (κ2) is 4.83. The minimum atomic E-state index is -2.64. The number of methoxy groups -OCH3 is 1. The molecule has 1 aromatic rings. The standard InChI is InChI=1S/C8H8F2INO2/c1-14-8-6(11)5(7(9)10)4(3-13)2-12-8/h2,7,13H,3H2,1H3. The van der Waals surface area contributed by atoms with Crippen molar-refractivity contribution < 1.29 is 18.6 Å². The van der Waals surface area contributed by atoms with Crippen molar-refractivity contribution in [1.29, 1.82) is 0 Å². The van der Waals surface area contributed by atoms with Crippen LogP contribution >= 0.6 is 22.6 Å². The first kappa shape index (κ1) is 11.6. The van der Waals surface area contributed by atoms with Crippen LogP contribution in [-0.2, 0) is 6.61 Å². The molecule has 78 valence electrons. The van der Waals surface area contributed by atoms with Crippen LogP contribution < -0.4 is 4.74 Å². The zero-order chi connectivity index (χ0) is 10.7. The summed E-state index contributed by atoms with van der Waals surface area (Å²) in [6.45, 7) is -0.452. The van der Waals surface area contributed by atoms with Gasteiger partial charge in [-0.15, -0.1) is 0 Å². The van der Waals surface area contributed by atoms with Crippen molar-refractivity contribution in [3.8, 4) is 5.88 Å². The number of aliphatic hydroxyl groups excluding tert-OH is 1. The van der Waals surface area contributed by atoms with Crippen LogP contribution in [0, 0.1) is 3.57 Å². The second-order valence-electron chi connectivity index (χ2n) is 2.48. The van der Waals surface area contributed by atoms with Crippen LogP contribution in [-0.4, -0.2) is 17.2 Å². The van der Waals surface area contributed by atoms with Gasteiger partial charge in [0.15, 0.2) is 0 Å². The predicted octanol–water partition coefficient (Wildman–Crippen LogP) is 2.12. The number of nitrogens with zero attached hydrogens (tertiary/aromatic N) is 1. The summed E-state index contributed by atoms with van der Waals surface area (Å²) in [6.07, 6.45) is -1.44. The van der Waals surface area contributed by atoms with Gasteiger partial charge in [0, 0.05) is 17.3 Å². The monoisotopic (exact) mass is 315 g/mol. The molecule has 0 aliphatic rings. The molecule has 1 N–H and O–H groups in total. The Kier molecular flexibility index (Phi) is 3.99. The Morgan fingerprint density at radius 1 is 1.64 bits per heavy atom. The molecule has 0 unspecified atom stereocenters. The number of pyridine rings is 1. The van der Waals surface area contributed by atoms with Gasteiger partial charge in [-0.05, 0) is 22.6 Å². The molecule has 0 aromatic carbocycles. The number of hydrogen-bond donors (Lipinski definition) is 1. The zero-order valence-corrected chi connectivity index (χ0v) is 9.46. The van der Waals surface area contributed by atoms with E-state index in [1.165, 1.54) is 13.3 Å². The summed E-state index contributed by atoms with van der Waals surface area (Å²) in [4.78, 5) is 3.79. The Balaban J connectivity index is 3.31. The molecule has 0 aliphatic carbocycles. The van der Waals surface area contributed by atoms with Crippen molar-refractivity contribution in [1.82, 2.24) is 4.98 Å². The molecule has 0 saturated carbocycles. The fourth-order valence-electron chi connectivity index (χ4n) is 1.02. The molecule has 0 amide bonds. The summed E-state index contributed by atoms with van der Waals surface area (Å²) in [5.74, 6) is 0.151. The molecule has 14 heavy (non-hydrogen) atoms. The molecule has 0 spiro atoms. The van der Waals surface area contributed by atoms with E-state index in [4.69, 9.17) is 9.84 Å². The summed E-state index contributed by atoms with van der Waals surface area (Å²) in [5, 5.41) is 8.84. The van der Waals surface area contributed by atoms with E-state index in [1.807, 2.05) is 0 Å². The lowest BCUT2D eigenvalue weighted by Crippen LogP contribution is -2.02. The maximum absolute atomic E-state index is 12.6. The van der Waals surface area contributed by atoms with Crippen LogP contribution in [0.3, 0.4) is 0 Å². The lowest BCUT2D eigenvalue weighted by molar-refractivity contribution is 0.145. The number of hydrogen-bond acceptors (Lipinski definition) is 3. The Morgan fingerprint density at radius 3 is 2.71 bits per heavy atom. The van der Waals surface area contributed by atoms with Gasteiger partial charge < -0.3 is 9.84 Å². The molecule has 3 nitrogen and oxygen atoms in total. The van der Waals surface area contributed by atoms with Crippen LogP contribution in [0.5, 0.6) is 5.88 Å². The summed E-state index contributed by atoms with van der Waals surface area (Å²) in [5.41, 5.74) is -0.0786. The van der Waals surface area contributed by atoms with Crippen molar-refractivity contribution in [3.63, 3.8) is 0 Å². The molecular weight excluding hydrogens is 307 g/mol. The third-order valence-corrected chi connectivity index (χ3v) is 2.73. The highest BCUT2D eigenvalue weighted by molar-refractivity contribution is 14.1. The highest BCUT2D eigenvalue weighted by Crippen LogP contribution is 2.32. The topological polar surface area (TPSA) is 42.4 Å². The number of halogens is 3. The molecule has 1 rings (SSSR count). The molecule has 0 atom stereocenters. The summed E-state index contributed by atoms with van der Waals surface area (Å²) >= 11 is 1.73. The number of aromatic nitrogens is 1. The minimum Gasteiger partial charge on any atom is -0.480 e. The van der Waals surface area contributed by atoms with E-state index < -0.39 is 13.0 Å². The van der Waals surface area contributed by atoms with E-state index in [0.29, 0.717) is 0 Å². The molecule has 0 bridgehead atoms. The van der Waals surface area contributed by atoms with Gasteiger partial charge in [-0.2, -0.15) is 0 Å². The fraction of sp³-hybridized carbons (Fsp3) is 0.375. The van der Waals surface area contributed by atoms with E-state index in [9.17, 15) is 8.78 Å². The van der Waals surface area contributed by atoms with E-state index >= 15 is 0 Å². The van der Waals surface area contributed by atoms with Gasteiger partial charge >= 0.3 is 0 Å². The van der Waals surface area contributed by atoms with Crippen molar-refractivity contribution in [3.05, 3.63) is 20.9 Å². The average molecular weight is 315 g/mol. The second-order valence-corrected chi connectivity index (χ2v) is 3.56. The van der Waals surface area contributed by atoms with Gasteiger partial charge in [-0.25, -0.2) is 13.8 Å². The zero-order valence-electron chi connectivity index (χ0n) is 7.30. The summed E-state index contributed by atoms with van der Waals surface area (Å²) in [6, 6.07) is 0. The summed E-state index contributed by atoms with van der Waals surface area (Å²) < 4.78 is 30.2. The van der Waals surface area contributed by atoms with Crippen molar-refractivity contribution >= 4 is 22.6 Å². The molecule has 6 heteroatoms. The number of aliphatic hydroxyl groups is 1. The van der Waals surface area contributed by atoms with E-state index in [2.05, 4.69) is 4.98 Å². The Morgan fingerprint density at radius 2 is 2.29 bits per heavy atom. The van der Waals surface area contributed by atoms with Crippen LogP contribution in [0.25, 0.3) is 0 Å². The third kappa shape index (κ3) is 2.11. The maximum atomic E-state index is 12.6. The van der Waals surface area contributed by atoms with E-state index in [0.717, 1.165) is 0 Å². The van der Waals surface area contributed by atoms with E-state index in [-0.39, 0.29) is 20.6 Å². The Labute approximate surface area is 93.2 Å². The average Bonchev–Trinajstić information content (AvgIpc) is 2.16. The highest BCUT2D eigenvalue weighted by Gasteiger charge is 2.20. The summed E-state index contributed by atoms with van der Waals surface area (Å²) in [7, 11) is 1.36. The van der Waals surface area contributed by atoms with Crippen LogP contribution in [0.15, 0.2) is 6.20 Å². The normalized spacial score (nSPS) is 10.7. The lowest BCUT2D eigenvalue weighted by Gasteiger charge is -2.11. The highest BCUT2D eigenvalue weighted by atomic mass is 127. The molecule has 0 aliphatic heterocycles. The molecule has 1 heterocycles. The lowest BCUT2D eigenvalue weighted by atomic mass is 10.1. The Bertz CT molecular complexity index is 333. The molecule has 0 saturated heterocycles.